The molecule has 0 amide bonds. The second-order valence-corrected chi connectivity index (χ2v) is 9.27. The van der Waals surface area contributed by atoms with E-state index in [1.807, 2.05) is 6.07 Å². The van der Waals surface area contributed by atoms with Gasteiger partial charge in [-0.3, -0.25) is 0 Å². The molecule has 144 valence electrons. The zero-order valence-electron chi connectivity index (χ0n) is 16.9. The van der Waals surface area contributed by atoms with Gasteiger partial charge in [-0.2, -0.15) is 0 Å². The van der Waals surface area contributed by atoms with Crippen LogP contribution in [0.1, 0.15) is 88.2 Å². The van der Waals surface area contributed by atoms with Crippen LogP contribution in [0.2, 0.25) is 0 Å². The van der Waals surface area contributed by atoms with Gasteiger partial charge in [-0.05, 0) is 72.1 Å². The number of benzene rings is 2. The summed E-state index contributed by atoms with van der Waals surface area (Å²) < 4.78 is 14.9. The maximum absolute atomic E-state index is 14.9. The molecule has 2 saturated carbocycles. The first kappa shape index (κ1) is 18.7. The summed E-state index contributed by atoms with van der Waals surface area (Å²) in [4.78, 5) is 0. The molecule has 2 aromatic rings. The fraction of sp³-hybridized carbons (Fsp3) is 0.538. The largest absolute Gasteiger partial charge is 0.206 e. The average molecular weight is 365 g/mol. The monoisotopic (exact) mass is 364 g/mol. The highest BCUT2D eigenvalue weighted by Crippen LogP contribution is 2.38. The summed E-state index contributed by atoms with van der Waals surface area (Å²) >= 11 is 0. The van der Waals surface area contributed by atoms with Gasteiger partial charge in [0.05, 0.1) is 0 Å². The SMILES string of the molecule is CC1CCC(c2ccc(-c3ccc(C4CCC(C)CC4)cc3F)cc2)CC1. The molecular formula is C26H33F. The van der Waals surface area contributed by atoms with E-state index in [0.717, 1.165) is 23.0 Å². The maximum atomic E-state index is 14.9. The van der Waals surface area contributed by atoms with Crippen LogP contribution < -0.4 is 0 Å². The van der Waals surface area contributed by atoms with Crippen molar-refractivity contribution in [1.82, 2.24) is 0 Å². The van der Waals surface area contributed by atoms with Gasteiger partial charge in [0.1, 0.15) is 5.82 Å². The summed E-state index contributed by atoms with van der Waals surface area (Å²) in [5.74, 6) is 2.87. The van der Waals surface area contributed by atoms with Gasteiger partial charge in [-0.25, -0.2) is 4.39 Å². The zero-order chi connectivity index (χ0) is 18.8. The van der Waals surface area contributed by atoms with Gasteiger partial charge in [0.15, 0.2) is 0 Å². The van der Waals surface area contributed by atoms with Crippen molar-refractivity contribution in [3.63, 3.8) is 0 Å². The molecule has 2 aliphatic rings. The van der Waals surface area contributed by atoms with Crippen LogP contribution in [0.25, 0.3) is 11.1 Å². The van der Waals surface area contributed by atoms with E-state index >= 15 is 0 Å². The normalized spacial score (nSPS) is 28.9. The number of rotatable bonds is 3. The summed E-state index contributed by atoms with van der Waals surface area (Å²) in [7, 11) is 0. The Kier molecular flexibility index (Phi) is 5.66. The molecule has 0 unspecified atom stereocenters. The lowest BCUT2D eigenvalue weighted by atomic mass is 9.79. The number of hydrogen-bond acceptors (Lipinski definition) is 0. The predicted octanol–water partition coefficient (Wildman–Crippen LogP) is 8.08. The van der Waals surface area contributed by atoms with Crippen LogP contribution in [0.15, 0.2) is 42.5 Å². The Morgan fingerprint density at radius 2 is 1.11 bits per heavy atom. The minimum atomic E-state index is -0.0645. The van der Waals surface area contributed by atoms with Crippen LogP contribution in [0.4, 0.5) is 4.39 Å². The predicted molar refractivity (Wildman–Crippen MR) is 113 cm³/mol. The Labute approximate surface area is 164 Å². The lowest BCUT2D eigenvalue weighted by Gasteiger charge is -2.27. The van der Waals surface area contributed by atoms with Crippen LogP contribution in [-0.4, -0.2) is 0 Å². The molecule has 0 saturated heterocycles. The second kappa shape index (κ2) is 8.17. The molecular weight excluding hydrogens is 331 g/mol. The third kappa shape index (κ3) is 4.28. The van der Waals surface area contributed by atoms with E-state index < -0.39 is 0 Å². The summed E-state index contributed by atoms with van der Waals surface area (Å²) in [6.07, 6.45) is 10.2. The first-order valence-corrected chi connectivity index (χ1v) is 11.0. The molecule has 2 fully saturated rings. The average Bonchev–Trinajstić information content (AvgIpc) is 2.69. The number of halogens is 1. The molecule has 2 aliphatic carbocycles. The molecule has 4 rings (SSSR count). The highest BCUT2D eigenvalue weighted by atomic mass is 19.1. The summed E-state index contributed by atoms with van der Waals surface area (Å²) in [6.45, 7) is 4.69. The van der Waals surface area contributed by atoms with Crippen LogP contribution in [0.3, 0.4) is 0 Å². The molecule has 1 heteroatoms. The molecule has 0 atom stereocenters. The highest BCUT2D eigenvalue weighted by Gasteiger charge is 2.22. The Morgan fingerprint density at radius 3 is 1.63 bits per heavy atom. The third-order valence-corrected chi connectivity index (χ3v) is 7.19. The lowest BCUT2D eigenvalue weighted by Crippen LogP contribution is -2.11. The fourth-order valence-corrected chi connectivity index (χ4v) is 5.14. The summed E-state index contributed by atoms with van der Waals surface area (Å²) in [5, 5.41) is 0. The molecule has 0 spiro atoms. The van der Waals surface area contributed by atoms with E-state index in [9.17, 15) is 4.39 Å². The van der Waals surface area contributed by atoms with Crippen molar-refractivity contribution < 1.29 is 4.39 Å². The van der Waals surface area contributed by atoms with Crippen LogP contribution >= 0.6 is 0 Å². The molecule has 0 aromatic heterocycles. The zero-order valence-corrected chi connectivity index (χ0v) is 16.9. The lowest BCUT2D eigenvalue weighted by molar-refractivity contribution is 0.347. The molecule has 27 heavy (non-hydrogen) atoms. The molecule has 2 aromatic carbocycles. The van der Waals surface area contributed by atoms with Crippen molar-refractivity contribution in [2.45, 2.75) is 77.0 Å². The minimum absolute atomic E-state index is 0.0645. The van der Waals surface area contributed by atoms with E-state index in [1.54, 1.807) is 6.07 Å². The van der Waals surface area contributed by atoms with Gasteiger partial charge < -0.3 is 0 Å². The number of hydrogen-bond donors (Lipinski definition) is 0. The summed E-state index contributed by atoms with van der Waals surface area (Å²) in [5.41, 5.74) is 4.37. The van der Waals surface area contributed by atoms with Crippen molar-refractivity contribution >= 4 is 0 Å². The molecule has 0 N–H and O–H groups in total. The highest BCUT2D eigenvalue weighted by molar-refractivity contribution is 5.65. The van der Waals surface area contributed by atoms with Gasteiger partial charge >= 0.3 is 0 Å². The fourth-order valence-electron chi connectivity index (χ4n) is 5.14. The Bertz CT molecular complexity index is 744. The van der Waals surface area contributed by atoms with Crippen molar-refractivity contribution in [1.29, 1.82) is 0 Å². The Hall–Kier alpha value is -1.63. The topological polar surface area (TPSA) is 0 Å². The smallest absolute Gasteiger partial charge is 0.131 e. The summed E-state index contributed by atoms with van der Waals surface area (Å²) in [6, 6.07) is 14.7. The first-order valence-electron chi connectivity index (χ1n) is 11.0. The van der Waals surface area contributed by atoms with Gasteiger partial charge in [-0.1, -0.05) is 75.9 Å². The van der Waals surface area contributed by atoms with E-state index in [2.05, 4.69) is 44.2 Å². The second-order valence-electron chi connectivity index (χ2n) is 9.27. The van der Waals surface area contributed by atoms with Gasteiger partial charge in [0.2, 0.25) is 0 Å². The van der Waals surface area contributed by atoms with Gasteiger partial charge in [0, 0.05) is 5.56 Å². The van der Waals surface area contributed by atoms with E-state index in [-0.39, 0.29) is 5.82 Å². The van der Waals surface area contributed by atoms with E-state index in [0.29, 0.717) is 11.8 Å². The quantitative estimate of drug-likeness (QED) is 0.516. The first-order chi connectivity index (χ1) is 13.1. The molecule has 0 heterocycles. The van der Waals surface area contributed by atoms with Crippen LogP contribution in [-0.2, 0) is 0 Å². The molecule has 0 nitrogen and oxygen atoms in total. The van der Waals surface area contributed by atoms with E-state index in [1.165, 1.54) is 62.5 Å². The minimum Gasteiger partial charge on any atom is -0.206 e. The van der Waals surface area contributed by atoms with Gasteiger partial charge in [0.25, 0.3) is 0 Å². The van der Waals surface area contributed by atoms with Crippen molar-refractivity contribution in [2.75, 3.05) is 0 Å². The molecule has 0 bridgehead atoms. The third-order valence-electron chi connectivity index (χ3n) is 7.19. The molecule has 0 aliphatic heterocycles. The maximum Gasteiger partial charge on any atom is 0.131 e. The van der Waals surface area contributed by atoms with Crippen molar-refractivity contribution in [3.8, 4) is 11.1 Å². The standard InChI is InChI=1S/C26H33F/c1-18-3-7-20(8-4-18)21-11-13-23(14-12-21)25-16-15-24(17-26(25)27)22-9-5-19(2)6-10-22/h11-20,22H,3-10H2,1-2H3. The van der Waals surface area contributed by atoms with Crippen molar-refractivity contribution in [3.05, 3.63) is 59.4 Å². The van der Waals surface area contributed by atoms with E-state index in [4.69, 9.17) is 0 Å². The van der Waals surface area contributed by atoms with Crippen molar-refractivity contribution in [2.24, 2.45) is 11.8 Å². The molecule has 0 radical (unpaired) electrons. The van der Waals surface area contributed by atoms with Crippen LogP contribution in [0.5, 0.6) is 0 Å². The van der Waals surface area contributed by atoms with Crippen LogP contribution in [0, 0.1) is 17.7 Å². The van der Waals surface area contributed by atoms with Gasteiger partial charge in [-0.15, -0.1) is 0 Å². The Balaban J connectivity index is 1.48. The Morgan fingerprint density at radius 1 is 0.630 bits per heavy atom.